The van der Waals surface area contributed by atoms with Crippen LogP contribution in [0.4, 0.5) is 0 Å². The molecule has 1 unspecified atom stereocenters. The molecule has 154 valence electrons. The lowest BCUT2D eigenvalue weighted by Gasteiger charge is -2.44. The van der Waals surface area contributed by atoms with Gasteiger partial charge in [0.25, 0.3) is 5.91 Å². The zero-order valence-electron chi connectivity index (χ0n) is 17.6. The van der Waals surface area contributed by atoms with Crippen molar-refractivity contribution >= 4 is 23.6 Å². The molecule has 5 heteroatoms. The standard InChI is InChI=1S/C23H34N2O2S/c1-4-6-10-19(5-2)21(26)24-14-12-23(13-15-24)25(16-17-28-23)22(27)20-11-8-7-9-18(20)3/h7-9,11,19H,4-6,10,12-17H2,1-3H3. The van der Waals surface area contributed by atoms with E-state index in [4.69, 9.17) is 0 Å². The molecule has 2 aliphatic rings. The summed E-state index contributed by atoms with van der Waals surface area (Å²) >= 11 is 1.91. The van der Waals surface area contributed by atoms with E-state index in [9.17, 15) is 9.59 Å². The Kier molecular flexibility index (Phi) is 7.08. The summed E-state index contributed by atoms with van der Waals surface area (Å²) in [5.41, 5.74) is 1.85. The number of hydrogen-bond acceptors (Lipinski definition) is 3. The molecule has 2 amide bonds. The van der Waals surface area contributed by atoms with Crippen molar-refractivity contribution in [3.63, 3.8) is 0 Å². The highest BCUT2D eigenvalue weighted by atomic mass is 32.2. The third-order valence-corrected chi connectivity index (χ3v) is 7.96. The molecule has 0 saturated carbocycles. The van der Waals surface area contributed by atoms with E-state index in [0.29, 0.717) is 5.91 Å². The number of amides is 2. The van der Waals surface area contributed by atoms with Crippen LogP contribution in [0.3, 0.4) is 0 Å². The number of unbranched alkanes of at least 4 members (excludes halogenated alkanes) is 1. The highest BCUT2D eigenvalue weighted by molar-refractivity contribution is 8.00. The fraction of sp³-hybridized carbons (Fsp3) is 0.652. The van der Waals surface area contributed by atoms with E-state index in [0.717, 1.165) is 75.0 Å². The van der Waals surface area contributed by atoms with Crippen LogP contribution in [0, 0.1) is 12.8 Å². The van der Waals surface area contributed by atoms with E-state index >= 15 is 0 Å². The number of nitrogens with zero attached hydrogens (tertiary/aromatic N) is 2. The van der Waals surface area contributed by atoms with E-state index in [-0.39, 0.29) is 16.7 Å². The Morgan fingerprint density at radius 3 is 2.50 bits per heavy atom. The summed E-state index contributed by atoms with van der Waals surface area (Å²) in [7, 11) is 0. The third kappa shape index (κ3) is 4.24. The molecule has 2 fully saturated rings. The fourth-order valence-corrected chi connectivity index (χ4v) is 6.01. The van der Waals surface area contributed by atoms with Crippen molar-refractivity contribution in [3.05, 3.63) is 35.4 Å². The normalized spacial score (nSPS) is 19.8. The maximum atomic E-state index is 13.3. The van der Waals surface area contributed by atoms with Crippen molar-refractivity contribution in [1.82, 2.24) is 9.80 Å². The van der Waals surface area contributed by atoms with E-state index < -0.39 is 0 Å². The van der Waals surface area contributed by atoms with Gasteiger partial charge in [0.15, 0.2) is 0 Å². The van der Waals surface area contributed by atoms with Gasteiger partial charge < -0.3 is 9.80 Å². The second-order valence-electron chi connectivity index (χ2n) is 8.14. The molecule has 0 bridgehead atoms. The highest BCUT2D eigenvalue weighted by Crippen LogP contribution is 2.45. The lowest BCUT2D eigenvalue weighted by molar-refractivity contribution is -0.137. The van der Waals surface area contributed by atoms with Crippen LogP contribution >= 0.6 is 11.8 Å². The number of carbonyl (C=O) groups excluding carboxylic acids is 2. The lowest BCUT2D eigenvalue weighted by atomic mass is 9.95. The first-order valence-electron chi connectivity index (χ1n) is 10.8. The van der Waals surface area contributed by atoms with E-state index in [1.807, 2.05) is 43.0 Å². The number of hydrogen-bond donors (Lipinski definition) is 0. The number of benzene rings is 1. The van der Waals surface area contributed by atoms with Gasteiger partial charge in [0.1, 0.15) is 0 Å². The fourth-order valence-electron chi connectivity index (χ4n) is 4.56. The maximum absolute atomic E-state index is 13.3. The number of aryl methyl sites for hydroxylation is 1. The van der Waals surface area contributed by atoms with Gasteiger partial charge in [-0.15, -0.1) is 11.8 Å². The van der Waals surface area contributed by atoms with Crippen molar-refractivity contribution in [2.24, 2.45) is 5.92 Å². The first-order chi connectivity index (χ1) is 13.5. The molecule has 0 N–H and O–H groups in total. The number of carbonyl (C=O) groups is 2. The first-order valence-corrected chi connectivity index (χ1v) is 11.8. The average Bonchev–Trinajstić information content (AvgIpc) is 3.11. The van der Waals surface area contributed by atoms with Crippen LogP contribution in [0.5, 0.6) is 0 Å². The molecule has 0 radical (unpaired) electrons. The zero-order valence-corrected chi connectivity index (χ0v) is 18.4. The van der Waals surface area contributed by atoms with Crippen LogP contribution in [-0.4, -0.2) is 51.9 Å². The van der Waals surface area contributed by atoms with E-state index in [1.54, 1.807) is 0 Å². The minimum atomic E-state index is -0.138. The zero-order chi connectivity index (χ0) is 20.1. The summed E-state index contributed by atoms with van der Waals surface area (Å²) in [6, 6.07) is 7.87. The third-order valence-electron chi connectivity index (χ3n) is 6.40. The molecule has 0 aromatic heterocycles. The van der Waals surface area contributed by atoms with Crippen LogP contribution in [0.25, 0.3) is 0 Å². The molecule has 1 aromatic rings. The summed E-state index contributed by atoms with van der Waals surface area (Å²) in [5, 5.41) is 0. The van der Waals surface area contributed by atoms with Crippen LogP contribution < -0.4 is 0 Å². The molecular formula is C23H34N2O2S. The van der Waals surface area contributed by atoms with Crippen molar-refractivity contribution in [2.75, 3.05) is 25.4 Å². The molecule has 1 aromatic carbocycles. The van der Waals surface area contributed by atoms with Crippen LogP contribution in [0.1, 0.15) is 68.3 Å². The molecular weight excluding hydrogens is 368 g/mol. The SMILES string of the molecule is CCCCC(CC)C(=O)N1CCC2(CC1)SCCN2C(=O)c1ccccc1C. The van der Waals surface area contributed by atoms with Gasteiger partial charge in [0, 0.05) is 36.9 Å². The van der Waals surface area contributed by atoms with Crippen LogP contribution in [-0.2, 0) is 4.79 Å². The maximum Gasteiger partial charge on any atom is 0.255 e. The number of likely N-dealkylation sites (tertiary alicyclic amines) is 1. The summed E-state index contributed by atoms with van der Waals surface area (Å²) in [4.78, 5) is 30.2. The molecule has 2 aliphatic heterocycles. The van der Waals surface area contributed by atoms with Gasteiger partial charge in [-0.1, -0.05) is 44.9 Å². The Balaban J connectivity index is 1.67. The Bertz CT molecular complexity index is 698. The van der Waals surface area contributed by atoms with Gasteiger partial charge in [-0.3, -0.25) is 9.59 Å². The highest BCUT2D eigenvalue weighted by Gasteiger charge is 2.47. The molecule has 1 atom stereocenters. The minimum Gasteiger partial charge on any atom is -0.342 e. The number of rotatable bonds is 6. The Labute approximate surface area is 174 Å². The summed E-state index contributed by atoms with van der Waals surface area (Å²) in [6.45, 7) is 8.65. The van der Waals surface area contributed by atoms with Crippen molar-refractivity contribution in [2.45, 2.75) is 64.2 Å². The van der Waals surface area contributed by atoms with E-state index in [1.165, 1.54) is 0 Å². The quantitative estimate of drug-likeness (QED) is 0.691. The Morgan fingerprint density at radius 1 is 1.14 bits per heavy atom. The van der Waals surface area contributed by atoms with Crippen LogP contribution in [0.15, 0.2) is 24.3 Å². The number of piperidine rings is 1. The molecule has 3 rings (SSSR count). The first kappa shape index (κ1) is 21.2. The minimum absolute atomic E-state index is 0.138. The van der Waals surface area contributed by atoms with Crippen LogP contribution in [0.2, 0.25) is 0 Å². The Morgan fingerprint density at radius 2 is 1.86 bits per heavy atom. The molecule has 0 aliphatic carbocycles. The molecule has 2 saturated heterocycles. The predicted molar refractivity (Wildman–Crippen MR) is 117 cm³/mol. The number of thioether (sulfide) groups is 1. The molecule has 28 heavy (non-hydrogen) atoms. The lowest BCUT2D eigenvalue weighted by Crippen LogP contribution is -2.54. The monoisotopic (exact) mass is 402 g/mol. The smallest absolute Gasteiger partial charge is 0.255 e. The summed E-state index contributed by atoms with van der Waals surface area (Å²) in [6.07, 6.45) is 5.94. The largest absolute Gasteiger partial charge is 0.342 e. The van der Waals surface area contributed by atoms with E-state index in [2.05, 4.69) is 23.6 Å². The summed E-state index contributed by atoms with van der Waals surface area (Å²) in [5.74, 6) is 1.62. The topological polar surface area (TPSA) is 40.6 Å². The second-order valence-corrected chi connectivity index (χ2v) is 9.60. The molecule has 2 heterocycles. The second kappa shape index (κ2) is 9.34. The predicted octanol–water partition coefficient (Wildman–Crippen LogP) is 4.72. The summed E-state index contributed by atoms with van der Waals surface area (Å²) < 4.78 is 0. The van der Waals surface area contributed by atoms with Gasteiger partial charge >= 0.3 is 0 Å². The van der Waals surface area contributed by atoms with Gasteiger partial charge in [-0.05, 0) is 44.2 Å². The Hall–Kier alpha value is -1.49. The van der Waals surface area contributed by atoms with Crippen molar-refractivity contribution < 1.29 is 9.59 Å². The van der Waals surface area contributed by atoms with Gasteiger partial charge in [-0.2, -0.15) is 0 Å². The molecule has 4 nitrogen and oxygen atoms in total. The van der Waals surface area contributed by atoms with Gasteiger partial charge in [-0.25, -0.2) is 0 Å². The van der Waals surface area contributed by atoms with Crippen molar-refractivity contribution in [3.8, 4) is 0 Å². The van der Waals surface area contributed by atoms with Gasteiger partial charge in [0.2, 0.25) is 5.91 Å². The molecule has 1 spiro atoms. The van der Waals surface area contributed by atoms with Gasteiger partial charge in [0.05, 0.1) is 4.87 Å². The average molecular weight is 403 g/mol. The van der Waals surface area contributed by atoms with Crippen molar-refractivity contribution in [1.29, 1.82) is 0 Å².